The van der Waals surface area contributed by atoms with Crippen LogP contribution in [0, 0.1) is 11.3 Å². The Morgan fingerprint density at radius 1 is 1.25 bits per heavy atom. The summed E-state index contributed by atoms with van der Waals surface area (Å²) >= 11 is 0. The summed E-state index contributed by atoms with van der Waals surface area (Å²) in [6, 6.07) is 0. The number of aliphatic hydroxyl groups excluding tert-OH is 1. The van der Waals surface area contributed by atoms with E-state index in [9.17, 15) is 14.7 Å². The molecule has 3 atom stereocenters. The molecular formula is C16H26O4. The van der Waals surface area contributed by atoms with E-state index in [1.165, 1.54) is 0 Å². The summed E-state index contributed by atoms with van der Waals surface area (Å²) in [4.78, 5) is 25.1. The van der Waals surface area contributed by atoms with E-state index < -0.39 is 17.5 Å². The number of esters is 1. The summed E-state index contributed by atoms with van der Waals surface area (Å²) in [5.74, 6) is -0.652. The Hall–Kier alpha value is -0.900. The molecule has 2 rings (SSSR count). The minimum atomic E-state index is -1.07. The molecule has 1 N–H and O–H groups in total. The van der Waals surface area contributed by atoms with Crippen LogP contribution in [0.4, 0.5) is 0 Å². The molecule has 0 aliphatic heterocycles. The largest absolute Gasteiger partial charge is 0.465 e. The Morgan fingerprint density at radius 3 is 2.70 bits per heavy atom. The van der Waals surface area contributed by atoms with Crippen LogP contribution in [0.5, 0.6) is 0 Å². The van der Waals surface area contributed by atoms with Gasteiger partial charge in [-0.2, -0.15) is 0 Å². The van der Waals surface area contributed by atoms with Crippen molar-refractivity contribution in [3.63, 3.8) is 0 Å². The van der Waals surface area contributed by atoms with Gasteiger partial charge < -0.3 is 9.84 Å². The maximum atomic E-state index is 12.6. The topological polar surface area (TPSA) is 63.6 Å². The van der Waals surface area contributed by atoms with E-state index in [1.54, 1.807) is 6.92 Å². The smallest absolute Gasteiger partial charge is 0.320 e. The summed E-state index contributed by atoms with van der Waals surface area (Å²) in [6.07, 6.45) is 6.64. The van der Waals surface area contributed by atoms with Crippen molar-refractivity contribution < 1.29 is 19.4 Å². The first kappa shape index (κ1) is 15.5. The highest BCUT2D eigenvalue weighted by atomic mass is 16.5. The van der Waals surface area contributed by atoms with Crippen molar-refractivity contribution in [3.05, 3.63) is 0 Å². The molecule has 4 nitrogen and oxygen atoms in total. The molecule has 2 saturated carbocycles. The van der Waals surface area contributed by atoms with Gasteiger partial charge in [0.1, 0.15) is 5.41 Å². The van der Waals surface area contributed by atoms with Gasteiger partial charge in [0.25, 0.3) is 0 Å². The van der Waals surface area contributed by atoms with Crippen molar-refractivity contribution >= 4 is 11.8 Å². The van der Waals surface area contributed by atoms with Crippen LogP contribution < -0.4 is 0 Å². The van der Waals surface area contributed by atoms with E-state index in [-0.39, 0.29) is 18.3 Å². The number of Topliss-reactive ketones (excluding diaryl/α,β-unsaturated/α-hetero) is 1. The Bertz CT molecular complexity index is 365. The molecule has 0 saturated heterocycles. The van der Waals surface area contributed by atoms with Crippen LogP contribution in [0.3, 0.4) is 0 Å². The van der Waals surface area contributed by atoms with Crippen LogP contribution in [0.1, 0.15) is 64.7 Å². The van der Waals surface area contributed by atoms with E-state index in [1.807, 2.05) is 0 Å². The number of aliphatic hydroxyl groups is 1. The highest BCUT2D eigenvalue weighted by Gasteiger charge is 2.55. The predicted molar refractivity (Wildman–Crippen MR) is 75.1 cm³/mol. The minimum absolute atomic E-state index is 0.00634. The molecule has 2 aliphatic rings. The number of rotatable bonds is 3. The first-order chi connectivity index (χ1) is 9.63. The van der Waals surface area contributed by atoms with E-state index >= 15 is 0 Å². The van der Waals surface area contributed by atoms with Crippen LogP contribution >= 0.6 is 0 Å². The molecule has 0 aromatic heterocycles. The predicted octanol–water partition coefficient (Wildman–Crippen LogP) is 2.62. The van der Waals surface area contributed by atoms with Crippen molar-refractivity contribution in [1.29, 1.82) is 0 Å². The van der Waals surface area contributed by atoms with Crippen molar-refractivity contribution in [1.82, 2.24) is 0 Å². The molecule has 3 unspecified atom stereocenters. The summed E-state index contributed by atoms with van der Waals surface area (Å²) in [5, 5.41) is 10.4. The summed E-state index contributed by atoms with van der Waals surface area (Å²) in [5.41, 5.74) is -1.07. The van der Waals surface area contributed by atoms with Gasteiger partial charge in [0.2, 0.25) is 0 Å². The van der Waals surface area contributed by atoms with Gasteiger partial charge in [0, 0.05) is 12.3 Å². The molecule has 114 valence electrons. The molecule has 0 aromatic carbocycles. The lowest BCUT2D eigenvalue weighted by Gasteiger charge is -2.41. The number of carbonyl (C=O) groups excluding carboxylic acids is 2. The lowest BCUT2D eigenvalue weighted by Crippen LogP contribution is -2.52. The fourth-order valence-corrected chi connectivity index (χ4v) is 3.93. The second-order valence-corrected chi connectivity index (χ2v) is 6.13. The van der Waals surface area contributed by atoms with Crippen molar-refractivity contribution in [2.24, 2.45) is 11.3 Å². The lowest BCUT2D eigenvalue weighted by atomic mass is 9.62. The molecular weight excluding hydrogens is 256 g/mol. The standard InChI is InChI=1S/C16H26O4/c1-2-20-15(19)16(11-7-6-10-14(16)18)12-8-4-3-5-9-13(12)17/h12-13,17H,2-11H2,1H3. The van der Waals surface area contributed by atoms with E-state index in [0.717, 1.165) is 38.5 Å². The first-order valence-electron chi connectivity index (χ1n) is 8.01. The lowest BCUT2D eigenvalue weighted by molar-refractivity contribution is -0.171. The number of hydrogen-bond acceptors (Lipinski definition) is 4. The van der Waals surface area contributed by atoms with Gasteiger partial charge in [-0.25, -0.2) is 0 Å². The van der Waals surface area contributed by atoms with Crippen LogP contribution in [-0.2, 0) is 14.3 Å². The highest BCUT2D eigenvalue weighted by Crippen LogP contribution is 2.46. The summed E-state index contributed by atoms with van der Waals surface area (Å²) in [7, 11) is 0. The molecule has 0 radical (unpaired) electrons. The second-order valence-electron chi connectivity index (χ2n) is 6.13. The molecule has 0 spiro atoms. The van der Waals surface area contributed by atoms with Gasteiger partial charge >= 0.3 is 5.97 Å². The van der Waals surface area contributed by atoms with Crippen molar-refractivity contribution in [2.75, 3.05) is 6.61 Å². The fraction of sp³-hybridized carbons (Fsp3) is 0.875. The Kier molecular flexibility index (Phi) is 5.19. The van der Waals surface area contributed by atoms with Gasteiger partial charge in [-0.05, 0) is 32.6 Å². The monoisotopic (exact) mass is 282 g/mol. The third kappa shape index (κ3) is 2.76. The second kappa shape index (κ2) is 6.70. The molecule has 2 fully saturated rings. The van der Waals surface area contributed by atoms with Gasteiger partial charge in [0.15, 0.2) is 5.78 Å². The SMILES string of the molecule is CCOC(=O)C1(C2CCCCCC2O)CCCCC1=O. The van der Waals surface area contributed by atoms with Crippen molar-refractivity contribution in [2.45, 2.75) is 70.8 Å². The number of ether oxygens (including phenoxy) is 1. The molecule has 4 heteroatoms. The maximum Gasteiger partial charge on any atom is 0.320 e. The van der Waals surface area contributed by atoms with Crippen LogP contribution in [0.2, 0.25) is 0 Å². The van der Waals surface area contributed by atoms with Crippen molar-refractivity contribution in [3.8, 4) is 0 Å². The third-order valence-corrected chi connectivity index (χ3v) is 4.97. The van der Waals surface area contributed by atoms with E-state index in [2.05, 4.69) is 0 Å². The van der Waals surface area contributed by atoms with Gasteiger partial charge in [-0.1, -0.05) is 25.7 Å². The zero-order valence-corrected chi connectivity index (χ0v) is 12.4. The Labute approximate surface area is 120 Å². The maximum absolute atomic E-state index is 12.6. The average molecular weight is 282 g/mol. The molecule has 0 amide bonds. The number of ketones is 1. The van der Waals surface area contributed by atoms with Crippen LogP contribution in [0.15, 0.2) is 0 Å². The normalized spacial score (nSPS) is 35.4. The summed E-state index contributed by atoms with van der Waals surface area (Å²) in [6.45, 7) is 2.05. The molecule has 2 aliphatic carbocycles. The quantitative estimate of drug-likeness (QED) is 0.491. The average Bonchev–Trinajstić information content (AvgIpc) is 2.65. The Balaban J connectivity index is 2.33. The zero-order valence-electron chi connectivity index (χ0n) is 12.4. The first-order valence-corrected chi connectivity index (χ1v) is 8.01. The number of hydrogen-bond donors (Lipinski definition) is 1. The molecule has 0 aromatic rings. The highest BCUT2D eigenvalue weighted by molar-refractivity contribution is 6.04. The van der Waals surface area contributed by atoms with E-state index in [4.69, 9.17) is 4.74 Å². The van der Waals surface area contributed by atoms with Crippen LogP contribution in [0.25, 0.3) is 0 Å². The molecule has 0 heterocycles. The summed E-state index contributed by atoms with van der Waals surface area (Å²) < 4.78 is 5.23. The van der Waals surface area contributed by atoms with E-state index in [0.29, 0.717) is 19.3 Å². The fourth-order valence-electron chi connectivity index (χ4n) is 3.93. The molecule has 0 bridgehead atoms. The van der Waals surface area contributed by atoms with Gasteiger partial charge in [-0.15, -0.1) is 0 Å². The Morgan fingerprint density at radius 2 is 2.00 bits per heavy atom. The zero-order chi connectivity index (χ0) is 14.6. The van der Waals surface area contributed by atoms with Crippen LogP contribution in [-0.4, -0.2) is 29.6 Å². The third-order valence-electron chi connectivity index (χ3n) is 4.97. The number of carbonyl (C=O) groups is 2. The minimum Gasteiger partial charge on any atom is -0.465 e. The molecule has 20 heavy (non-hydrogen) atoms. The van der Waals surface area contributed by atoms with Gasteiger partial charge in [0.05, 0.1) is 12.7 Å². The van der Waals surface area contributed by atoms with Gasteiger partial charge in [-0.3, -0.25) is 9.59 Å².